The first-order valence-corrected chi connectivity index (χ1v) is 8.12. The van der Waals surface area contributed by atoms with Crippen LogP contribution in [0.5, 0.6) is 0 Å². The van der Waals surface area contributed by atoms with Crippen LogP contribution in [0, 0.1) is 0 Å². The van der Waals surface area contributed by atoms with Crippen LogP contribution in [0.3, 0.4) is 0 Å². The van der Waals surface area contributed by atoms with Gasteiger partial charge in [0.25, 0.3) is 0 Å². The molecular weight excluding hydrogens is 242 g/mol. The van der Waals surface area contributed by atoms with Crippen molar-refractivity contribution in [2.75, 3.05) is 13.2 Å². The third-order valence-corrected chi connectivity index (χ3v) is 3.94. The van der Waals surface area contributed by atoms with Crippen molar-refractivity contribution in [3.63, 3.8) is 0 Å². The van der Waals surface area contributed by atoms with Gasteiger partial charge in [0.2, 0.25) is 0 Å². The summed E-state index contributed by atoms with van der Waals surface area (Å²) in [6.45, 7) is 8.40. The average molecular weight is 269 g/mol. The maximum Gasteiger partial charge on any atom is 0.0725 e. The molecule has 3 heteroatoms. The highest BCUT2D eigenvalue weighted by molar-refractivity contribution is 7.07. The third kappa shape index (κ3) is 5.51. The van der Waals surface area contributed by atoms with E-state index in [0.717, 1.165) is 32.4 Å². The van der Waals surface area contributed by atoms with E-state index in [9.17, 15) is 0 Å². The largest absolute Gasteiger partial charge is 0.377 e. The van der Waals surface area contributed by atoms with Crippen molar-refractivity contribution in [3.05, 3.63) is 22.4 Å². The molecule has 1 rings (SSSR count). The Bertz CT molecular complexity index is 287. The molecule has 2 atom stereocenters. The fraction of sp³-hybridized carbons (Fsp3) is 0.733. The zero-order valence-electron chi connectivity index (χ0n) is 11.9. The predicted molar refractivity (Wildman–Crippen MR) is 80.4 cm³/mol. The van der Waals surface area contributed by atoms with E-state index < -0.39 is 0 Å². The molecule has 0 spiro atoms. The fourth-order valence-electron chi connectivity index (χ4n) is 2.24. The number of thiophene rings is 1. The summed E-state index contributed by atoms with van der Waals surface area (Å²) in [5.74, 6) is 0. The van der Waals surface area contributed by atoms with E-state index in [1.54, 1.807) is 11.3 Å². The molecule has 0 aromatic carbocycles. The Kier molecular flexibility index (Phi) is 8.31. The molecule has 0 bridgehead atoms. The average Bonchev–Trinajstić information content (AvgIpc) is 2.90. The summed E-state index contributed by atoms with van der Waals surface area (Å²) in [4.78, 5) is 0. The second kappa shape index (κ2) is 9.54. The van der Waals surface area contributed by atoms with Crippen LogP contribution >= 0.6 is 11.3 Å². The molecular formula is C15H27NOS. The Labute approximate surface area is 116 Å². The van der Waals surface area contributed by atoms with Gasteiger partial charge in [-0.3, -0.25) is 0 Å². The van der Waals surface area contributed by atoms with Crippen LogP contribution in [0.1, 0.15) is 45.6 Å². The number of ether oxygens (including phenoxy) is 1. The standard InChI is InChI=1S/C15H27NOS/c1-4-10-16-14(15(5-2)17-6-3)8-7-13-9-11-18-12-13/h9,11-12,14-16H,4-8,10H2,1-3H3. The van der Waals surface area contributed by atoms with Crippen LogP contribution in [0.4, 0.5) is 0 Å². The highest BCUT2D eigenvalue weighted by atomic mass is 32.1. The summed E-state index contributed by atoms with van der Waals surface area (Å²) in [5, 5.41) is 8.05. The lowest BCUT2D eigenvalue weighted by Gasteiger charge is -2.27. The molecule has 0 saturated carbocycles. The summed E-state index contributed by atoms with van der Waals surface area (Å²) in [7, 11) is 0. The van der Waals surface area contributed by atoms with Gasteiger partial charge in [-0.15, -0.1) is 0 Å². The number of rotatable bonds is 10. The van der Waals surface area contributed by atoms with Crippen LogP contribution in [0.2, 0.25) is 0 Å². The van der Waals surface area contributed by atoms with E-state index in [0.29, 0.717) is 12.1 Å². The van der Waals surface area contributed by atoms with Crippen LogP contribution < -0.4 is 5.32 Å². The highest BCUT2D eigenvalue weighted by Crippen LogP contribution is 2.14. The predicted octanol–water partition coefficient (Wildman–Crippen LogP) is 3.86. The first-order chi connectivity index (χ1) is 8.81. The van der Waals surface area contributed by atoms with Gasteiger partial charge in [0.05, 0.1) is 6.10 Å². The molecule has 0 aliphatic rings. The van der Waals surface area contributed by atoms with Crippen molar-refractivity contribution in [2.45, 2.75) is 58.6 Å². The van der Waals surface area contributed by atoms with E-state index in [1.165, 1.54) is 12.0 Å². The SMILES string of the molecule is CCCNC(CCc1ccsc1)C(CC)OCC. The van der Waals surface area contributed by atoms with Crippen molar-refractivity contribution in [1.29, 1.82) is 0 Å². The summed E-state index contributed by atoms with van der Waals surface area (Å²) in [6.07, 6.45) is 4.92. The molecule has 0 aliphatic carbocycles. The summed E-state index contributed by atoms with van der Waals surface area (Å²) < 4.78 is 5.86. The van der Waals surface area contributed by atoms with Gasteiger partial charge in [-0.25, -0.2) is 0 Å². The smallest absolute Gasteiger partial charge is 0.0725 e. The molecule has 1 aromatic heterocycles. The van der Waals surface area contributed by atoms with E-state index in [-0.39, 0.29) is 0 Å². The molecule has 1 aromatic rings. The topological polar surface area (TPSA) is 21.3 Å². The van der Waals surface area contributed by atoms with Gasteiger partial charge in [0, 0.05) is 12.6 Å². The van der Waals surface area contributed by atoms with Gasteiger partial charge < -0.3 is 10.1 Å². The minimum Gasteiger partial charge on any atom is -0.377 e. The van der Waals surface area contributed by atoms with E-state index >= 15 is 0 Å². The molecule has 0 fully saturated rings. The first-order valence-electron chi connectivity index (χ1n) is 7.17. The lowest BCUT2D eigenvalue weighted by atomic mass is 10.0. The van der Waals surface area contributed by atoms with E-state index in [2.05, 4.69) is 42.9 Å². The quantitative estimate of drug-likeness (QED) is 0.696. The lowest BCUT2D eigenvalue weighted by molar-refractivity contribution is 0.0298. The van der Waals surface area contributed by atoms with Gasteiger partial charge >= 0.3 is 0 Å². The Hall–Kier alpha value is -0.380. The number of hydrogen-bond acceptors (Lipinski definition) is 3. The van der Waals surface area contributed by atoms with Crippen molar-refractivity contribution < 1.29 is 4.74 Å². The molecule has 18 heavy (non-hydrogen) atoms. The summed E-state index contributed by atoms with van der Waals surface area (Å²) in [6, 6.07) is 2.71. The second-order valence-corrected chi connectivity index (χ2v) is 5.41. The summed E-state index contributed by atoms with van der Waals surface area (Å²) >= 11 is 1.78. The molecule has 1 heterocycles. The van der Waals surface area contributed by atoms with Crippen molar-refractivity contribution in [3.8, 4) is 0 Å². The van der Waals surface area contributed by atoms with Crippen molar-refractivity contribution in [1.82, 2.24) is 5.32 Å². The number of hydrogen-bond donors (Lipinski definition) is 1. The molecule has 1 N–H and O–H groups in total. The Morgan fingerprint density at radius 2 is 2.17 bits per heavy atom. The maximum atomic E-state index is 5.86. The molecule has 0 aliphatic heterocycles. The van der Waals surface area contributed by atoms with Gasteiger partial charge in [0.15, 0.2) is 0 Å². The highest BCUT2D eigenvalue weighted by Gasteiger charge is 2.19. The van der Waals surface area contributed by atoms with Crippen LogP contribution in [-0.4, -0.2) is 25.3 Å². The molecule has 2 nitrogen and oxygen atoms in total. The molecule has 2 unspecified atom stereocenters. The Morgan fingerprint density at radius 3 is 2.72 bits per heavy atom. The van der Waals surface area contributed by atoms with Gasteiger partial charge in [0.1, 0.15) is 0 Å². The monoisotopic (exact) mass is 269 g/mol. The minimum absolute atomic E-state index is 0.347. The van der Waals surface area contributed by atoms with Gasteiger partial charge in [-0.1, -0.05) is 13.8 Å². The number of nitrogens with one attached hydrogen (secondary N) is 1. The van der Waals surface area contributed by atoms with Gasteiger partial charge in [-0.05, 0) is 61.5 Å². The summed E-state index contributed by atoms with van der Waals surface area (Å²) in [5.41, 5.74) is 1.45. The zero-order chi connectivity index (χ0) is 13.2. The Morgan fingerprint density at radius 1 is 1.33 bits per heavy atom. The normalized spacial score (nSPS) is 14.6. The Balaban J connectivity index is 2.47. The molecule has 0 radical (unpaired) electrons. The lowest BCUT2D eigenvalue weighted by Crippen LogP contribution is -2.42. The van der Waals surface area contributed by atoms with Crippen LogP contribution in [0.15, 0.2) is 16.8 Å². The first kappa shape index (κ1) is 15.7. The van der Waals surface area contributed by atoms with Gasteiger partial charge in [-0.2, -0.15) is 11.3 Å². The molecule has 0 amide bonds. The fourth-order valence-corrected chi connectivity index (χ4v) is 2.94. The zero-order valence-corrected chi connectivity index (χ0v) is 12.8. The van der Waals surface area contributed by atoms with Crippen molar-refractivity contribution in [2.24, 2.45) is 0 Å². The third-order valence-electron chi connectivity index (χ3n) is 3.21. The maximum absolute atomic E-state index is 5.86. The van der Waals surface area contributed by atoms with Crippen LogP contribution in [-0.2, 0) is 11.2 Å². The minimum atomic E-state index is 0.347. The molecule has 0 saturated heterocycles. The van der Waals surface area contributed by atoms with E-state index in [1.807, 2.05) is 0 Å². The second-order valence-electron chi connectivity index (χ2n) is 4.63. The van der Waals surface area contributed by atoms with Crippen molar-refractivity contribution >= 4 is 11.3 Å². The van der Waals surface area contributed by atoms with Crippen LogP contribution in [0.25, 0.3) is 0 Å². The molecule has 104 valence electrons. The number of aryl methyl sites for hydroxylation is 1. The van der Waals surface area contributed by atoms with E-state index in [4.69, 9.17) is 4.74 Å².